The van der Waals surface area contributed by atoms with Gasteiger partial charge in [-0.25, -0.2) is 0 Å². The molecule has 2 rings (SSSR count). The zero-order valence-electron chi connectivity index (χ0n) is 12.8. The summed E-state index contributed by atoms with van der Waals surface area (Å²) in [6, 6.07) is 16.4. The highest BCUT2D eigenvalue weighted by Gasteiger charge is 2.05. The highest BCUT2D eigenvalue weighted by molar-refractivity contribution is 5.94. The molecule has 0 atom stereocenters. The van der Waals surface area contributed by atoms with Gasteiger partial charge in [0.05, 0.1) is 12.5 Å². The van der Waals surface area contributed by atoms with E-state index in [0.29, 0.717) is 17.8 Å². The minimum absolute atomic E-state index is 0.100. The molecule has 0 aliphatic heterocycles. The molecule has 2 aromatic rings. The smallest absolute Gasteiger partial charge is 0.238 e. The second-order valence-corrected chi connectivity index (χ2v) is 5.17. The van der Waals surface area contributed by atoms with E-state index in [2.05, 4.69) is 10.6 Å². The molecule has 0 radical (unpaired) electrons. The van der Waals surface area contributed by atoms with Crippen LogP contribution in [0, 0.1) is 18.3 Å². The van der Waals surface area contributed by atoms with Gasteiger partial charge >= 0.3 is 0 Å². The number of aryl methyl sites for hydroxylation is 1. The first-order chi connectivity index (χ1) is 11.1. The SMILES string of the molecule is Cc1cccc(CC(=O)Nc2ccc(NC(=O)CC#N)cc2)c1. The van der Waals surface area contributed by atoms with E-state index in [1.807, 2.05) is 31.2 Å². The van der Waals surface area contributed by atoms with Crippen LogP contribution in [0.15, 0.2) is 48.5 Å². The average Bonchev–Trinajstić information content (AvgIpc) is 2.49. The van der Waals surface area contributed by atoms with E-state index in [1.54, 1.807) is 30.3 Å². The zero-order valence-corrected chi connectivity index (χ0v) is 12.8. The molecule has 5 heteroatoms. The Morgan fingerprint density at radius 2 is 1.61 bits per heavy atom. The average molecular weight is 307 g/mol. The summed E-state index contributed by atoms with van der Waals surface area (Å²) in [5, 5.41) is 13.8. The Hall–Kier alpha value is -3.13. The minimum atomic E-state index is -0.358. The summed E-state index contributed by atoms with van der Waals surface area (Å²) in [6.45, 7) is 1.99. The van der Waals surface area contributed by atoms with Gasteiger partial charge in [-0.3, -0.25) is 9.59 Å². The lowest BCUT2D eigenvalue weighted by molar-refractivity contribution is -0.116. The maximum atomic E-state index is 12.0. The molecule has 0 aliphatic rings. The van der Waals surface area contributed by atoms with Gasteiger partial charge < -0.3 is 10.6 Å². The molecule has 23 heavy (non-hydrogen) atoms. The summed E-state index contributed by atoms with van der Waals surface area (Å²) < 4.78 is 0. The van der Waals surface area contributed by atoms with Gasteiger partial charge in [0.1, 0.15) is 6.42 Å². The Bertz CT molecular complexity index is 746. The monoisotopic (exact) mass is 307 g/mol. The van der Waals surface area contributed by atoms with E-state index >= 15 is 0 Å². The first kappa shape index (κ1) is 16.2. The predicted octanol–water partition coefficient (Wildman–Crippen LogP) is 3.03. The van der Waals surface area contributed by atoms with Crippen molar-refractivity contribution in [2.75, 3.05) is 10.6 Å². The summed E-state index contributed by atoms with van der Waals surface area (Å²) in [5.41, 5.74) is 3.32. The van der Waals surface area contributed by atoms with Gasteiger partial charge in [-0.2, -0.15) is 5.26 Å². The Balaban J connectivity index is 1.91. The normalized spacial score (nSPS) is 9.74. The third-order valence-corrected chi connectivity index (χ3v) is 3.14. The lowest BCUT2D eigenvalue weighted by Gasteiger charge is -2.07. The number of nitriles is 1. The van der Waals surface area contributed by atoms with Crippen molar-refractivity contribution in [3.8, 4) is 6.07 Å². The fourth-order valence-electron chi connectivity index (χ4n) is 2.13. The van der Waals surface area contributed by atoms with Crippen molar-refractivity contribution < 1.29 is 9.59 Å². The van der Waals surface area contributed by atoms with Gasteiger partial charge in [0.25, 0.3) is 0 Å². The summed E-state index contributed by atoms with van der Waals surface area (Å²) >= 11 is 0. The van der Waals surface area contributed by atoms with Crippen molar-refractivity contribution in [2.24, 2.45) is 0 Å². The molecule has 0 unspecified atom stereocenters. The number of carbonyl (C=O) groups excluding carboxylic acids is 2. The van der Waals surface area contributed by atoms with Gasteiger partial charge in [-0.1, -0.05) is 29.8 Å². The molecular formula is C18H17N3O2. The number of hydrogen-bond donors (Lipinski definition) is 2. The van der Waals surface area contributed by atoms with Gasteiger partial charge in [0.15, 0.2) is 0 Å². The molecule has 0 fully saturated rings. The molecule has 2 N–H and O–H groups in total. The number of nitrogens with zero attached hydrogens (tertiary/aromatic N) is 1. The van der Waals surface area contributed by atoms with Crippen molar-refractivity contribution >= 4 is 23.2 Å². The van der Waals surface area contributed by atoms with Crippen LogP contribution in [-0.4, -0.2) is 11.8 Å². The Labute approximate surface area is 134 Å². The summed E-state index contributed by atoms with van der Waals surface area (Å²) in [4.78, 5) is 23.3. The molecule has 0 saturated heterocycles. The summed E-state index contributed by atoms with van der Waals surface area (Å²) in [5.74, 6) is -0.458. The maximum absolute atomic E-state index is 12.0. The number of anilines is 2. The standard InChI is InChI=1S/C18H17N3O2/c1-13-3-2-4-14(11-13)12-18(23)21-16-7-5-15(6-8-16)20-17(22)9-10-19/h2-8,11H,9,12H2,1H3,(H,20,22)(H,21,23). The minimum Gasteiger partial charge on any atom is -0.326 e. The van der Waals surface area contributed by atoms with Crippen LogP contribution >= 0.6 is 0 Å². The van der Waals surface area contributed by atoms with Crippen LogP contribution in [0.1, 0.15) is 17.5 Å². The molecule has 0 saturated carbocycles. The highest BCUT2D eigenvalue weighted by Crippen LogP contribution is 2.14. The van der Waals surface area contributed by atoms with E-state index in [-0.39, 0.29) is 18.2 Å². The van der Waals surface area contributed by atoms with Crippen molar-refractivity contribution in [1.82, 2.24) is 0 Å². The molecule has 0 spiro atoms. The Kier molecular flexibility index (Phi) is 5.48. The van der Waals surface area contributed by atoms with Crippen LogP contribution in [0.4, 0.5) is 11.4 Å². The zero-order chi connectivity index (χ0) is 16.7. The second kappa shape index (κ2) is 7.76. The largest absolute Gasteiger partial charge is 0.326 e. The van der Waals surface area contributed by atoms with Gasteiger partial charge in [-0.15, -0.1) is 0 Å². The molecule has 116 valence electrons. The van der Waals surface area contributed by atoms with Crippen molar-refractivity contribution in [2.45, 2.75) is 19.8 Å². The first-order valence-electron chi connectivity index (χ1n) is 7.19. The lowest BCUT2D eigenvalue weighted by Crippen LogP contribution is -2.14. The fourth-order valence-corrected chi connectivity index (χ4v) is 2.13. The number of carbonyl (C=O) groups is 2. The molecule has 2 amide bonds. The number of benzene rings is 2. The van der Waals surface area contributed by atoms with Crippen LogP contribution in [0.2, 0.25) is 0 Å². The predicted molar refractivity (Wildman–Crippen MR) is 88.8 cm³/mol. The van der Waals surface area contributed by atoms with E-state index in [4.69, 9.17) is 5.26 Å². The summed E-state index contributed by atoms with van der Waals surface area (Å²) in [7, 11) is 0. The molecule has 0 aromatic heterocycles. The van der Waals surface area contributed by atoms with Crippen LogP contribution < -0.4 is 10.6 Å². The van der Waals surface area contributed by atoms with Crippen LogP contribution in [0.5, 0.6) is 0 Å². The van der Waals surface area contributed by atoms with Crippen LogP contribution in [0.25, 0.3) is 0 Å². The highest BCUT2D eigenvalue weighted by atomic mass is 16.2. The van der Waals surface area contributed by atoms with Crippen molar-refractivity contribution in [3.05, 3.63) is 59.7 Å². The van der Waals surface area contributed by atoms with Gasteiger partial charge in [0.2, 0.25) is 11.8 Å². The van der Waals surface area contributed by atoms with E-state index < -0.39 is 0 Å². The third kappa shape index (κ3) is 5.29. The first-order valence-corrected chi connectivity index (χ1v) is 7.19. The fraction of sp³-hybridized carbons (Fsp3) is 0.167. The molecule has 5 nitrogen and oxygen atoms in total. The Morgan fingerprint density at radius 3 is 2.17 bits per heavy atom. The van der Waals surface area contributed by atoms with Crippen LogP contribution in [0.3, 0.4) is 0 Å². The van der Waals surface area contributed by atoms with Gasteiger partial charge in [-0.05, 0) is 36.8 Å². The van der Waals surface area contributed by atoms with Crippen LogP contribution in [-0.2, 0) is 16.0 Å². The number of hydrogen-bond acceptors (Lipinski definition) is 3. The molecule has 0 aliphatic carbocycles. The van der Waals surface area contributed by atoms with E-state index in [9.17, 15) is 9.59 Å². The van der Waals surface area contributed by atoms with Crippen molar-refractivity contribution in [1.29, 1.82) is 5.26 Å². The topological polar surface area (TPSA) is 82.0 Å². The summed E-state index contributed by atoms with van der Waals surface area (Å²) in [6.07, 6.45) is 0.122. The van der Waals surface area contributed by atoms with E-state index in [1.165, 1.54) is 0 Å². The Morgan fingerprint density at radius 1 is 1.00 bits per heavy atom. The maximum Gasteiger partial charge on any atom is 0.238 e. The number of amides is 2. The van der Waals surface area contributed by atoms with E-state index in [0.717, 1.165) is 11.1 Å². The number of nitrogens with one attached hydrogen (secondary N) is 2. The quantitative estimate of drug-likeness (QED) is 0.890. The molecule has 2 aromatic carbocycles. The number of rotatable bonds is 5. The third-order valence-electron chi connectivity index (χ3n) is 3.14. The lowest BCUT2D eigenvalue weighted by atomic mass is 10.1. The molecule has 0 heterocycles. The molecule has 0 bridgehead atoms. The van der Waals surface area contributed by atoms with Crippen molar-refractivity contribution in [3.63, 3.8) is 0 Å². The van der Waals surface area contributed by atoms with Gasteiger partial charge in [0, 0.05) is 11.4 Å². The second-order valence-electron chi connectivity index (χ2n) is 5.17. The molecular weight excluding hydrogens is 290 g/mol.